The lowest BCUT2D eigenvalue weighted by molar-refractivity contribution is -0.125. The van der Waals surface area contributed by atoms with Gasteiger partial charge in [-0.2, -0.15) is 0 Å². The molecule has 1 aliphatic heterocycles. The number of rotatable bonds is 6. The first-order chi connectivity index (χ1) is 13.8. The number of ether oxygens (including phenoxy) is 1. The van der Waals surface area contributed by atoms with Gasteiger partial charge in [0.15, 0.2) is 5.96 Å². The van der Waals surface area contributed by atoms with E-state index < -0.39 is 0 Å². The van der Waals surface area contributed by atoms with Crippen molar-refractivity contribution < 1.29 is 9.53 Å². The molecule has 2 fully saturated rings. The third-order valence-electron chi connectivity index (χ3n) is 5.68. The minimum atomic E-state index is 0. The minimum Gasteiger partial charge on any atom is -0.490 e. The molecule has 2 N–H and O–H groups in total. The zero-order valence-corrected chi connectivity index (χ0v) is 19.8. The summed E-state index contributed by atoms with van der Waals surface area (Å²) in [5, 5.41) is 6.46. The van der Waals surface area contributed by atoms with Crippen molar-refractivity contribution in [3.8, 4) is 5.75 Å². The molecule has 7 heteroatoms. The second kappa shape index (κ2) is 12.9. The van der Waals surface area contributed by atoms with Gasteiger partial charge >= 0.3 is 0 Å². The number of benzene rings is 1. The molecule has 1 aliphatic carbocycles. The predicted molar refractivity (Wildman–Crippen MR) is 128 cm³/mol. The van der Waals surface area contributed by atoms with Crippen LogP contribution in [0.3, 0.4) is 0 Å². The van der Waals surface area contributed by atoms with E-state index >= 15 is 0 Å². The van der Waals surface area contributed by atoms with E-state index in [1.54, 1.807) is 0 Å². The molecule has 0 radical (unpaired) electrons. The molecule has 2 aliphatic rings. The molecule has 1 aromatic carbocycles. The molecule has 1 saturated heterocycles. The minimum absolute atomic E-state index is 0. The zero-order valence-electron chi connectivity index (χ0n) is 17.4. The quantitative estimate of drug-likeness (QED) is 0.264. The number of aliphatic imine (C=N–C) groups is 1. The monoisotopic (exact) mass is 514 g/mol. The van der Waals surface area contributed by atoms with Gasteiger partial charge in [-0.05, 0) is 25.0 Å². The van der Waals surface area contributed by atoms with Gasteiger partial charge in [0.1, 0.15) is 11.9 Å². The fourth-order valence-corrected chi connectivity index (χ4v) is 4.08. The number of nitrogens with one attached hydrogen (secondary N) is 2. The van der Waals surface area contributed by atoms with Crippen molar-refractivity contribution in [2.75, 3.05) is 33.2 Å². The van der Waals surface area contributed by atoms with Crippen LogP contribution in [0.25, 0.3) is 0 Å². The van der Waals surface area contributed by atoms with Crippen molar-refractivity contribution >= 4 is 35.8 Å². The Morgan fingerprint density at radius 2 is 1.69 bits per heavy atom. The van der Waals surface area contributed by atoms with Crippen LogP contribution in [-0.4, -0.2) is 56.1 Å². The number of para-hydroxylation sites is 1. The molecule has 0 spiro atoms. The number of likely N-dealkylation sites (tertiary alicyclic amines) is 1. The van der Waals surface area contributed by atoms with Crippen molar-refractivity contribution in [2.45, 2.75) is 51.0 Å². The predicted octanol–water partition coefficient (Wildman–Crippen LogP) is 3.42. The Labute approximate surface area is 191 Å². The number of halogens is 1. The Balaban J connectivity index is 0.00000300. The van der Waals surface area contributed by atoms with E-state index in [9.17, 15) is 4.79 Å². The SMILES string of the molecule is CN=C(NCCNC(=O)C1CCCCC1)N1CCC(Oc2ccccc2)CC1.I. The molecular formula is C22H35IN4O2. The van der Waals surface area contributed by atoms with Crippen LogP contribution in [0.1, 0.15) is 44.9 Å². The van der Waals surface area contributed by atoms with Gasteiger partial charge < -0.3 is 20.3 Å². The van der Waals surface area contributed by atoms with Crippen LogP contribution >= 0.6 is 24.0 Å². The number of hydrogen-bond donors (Lipinski definition) is 2. The summed E-state index contributed by atoms with van der Waals surface area (Å²) in [5.41, 5.74) is 0. The van der Waals surface area contributed by atoms with Crippen molar-refractivity contribution in [3.05, 3.63) is 30.3 Å². The molecule has 0 aromatic heterocycles. The van der Waals surface area contributed by atoms with E-state index in [2.05, 4.69) is 20.5 Å². The summed E-state index contributed by atoms with van der Waals surface area (Å²) in [6, 6.07) is 10.0. The first-order valence-electron chi connectivity index (χ1n) is 10.7. The molecule has 3 rings (SSSR count). The number of hydrogen-bond acceptors (Lipinski definition) is 3. The molecule has 162 valence electrons. The highest BCUT2D eigenvalue weighted by Crippen LogP contribution is 2.23. The summed E-state index contributed by atoms with van der Waals surface area (Å²) in [7, 11) is 1.81. The number of carbonyl (C=O) groups excluding carboxylic acids is 1. The highest BCUT2D eigenvalue weighted by molar-refractivity contribution is 14.0. The lowest BCUT2D eigenvalue weighted by Crippen LogP contribution is -2.49. The summed E-state index contributed by atoms with van der Waals surface area (Å²) in [5.74, 6) is 2.29. The molecule has 29 heavy (non-hydrogen) atoms. The summed E-state index contributed by atoms with van der Waals surface area (Å²) < 4.78 is 6.07. The number of piperidine rings is 1. The second-order valence-corrected chi connectivity index (χ2v) is 7.72. The Kier molecular flexibility index (Phi) is 10.6. The van der Waals surface area contributed by atoms with Gasteiger partial charge in [0.25, 0.3) is 0 Å². The normalized spacial score (nSPS) is 18.7. The summed E-state index contributed by atoms with van der Waals surface area (Å²) in [6.07, 6.45) is 7.95. The van der Waals surface area contributed by atoms with Crippen LogP contribution < -0.4 is 15.4 Å². The number of nitrogens with zero attached hydrogens (tertiary/aromatic N) is 2. The first-order valence-corrected chi connectivity index (χ1v) is 10.7. The van der Waals surface area contributed by atoms with E-state index in [0.29, 0.717) is 13.1 Å². The molecule has 1 saturated carbocycles. The Hall–Kier alpha value is -1.51. The van der Waals surface area contributed by atoms with Crippen molar-refractivity contribution in [2.24, 2.45) is 10.9 Å². The molecule has 1 amide bonds. The topological polar surface area (TPSA) is 66.0 Å². The molecule has 0 bridgehead atoms. The van der Waals surface area contributed by atoms with Crippen LogP contribution in [0.2, 0.25) is 0 Å². The average Bonchev–Trinajstić information content (AvgIpc) is 2.76. The van der Waals surface area contributed by atoms with Crippen LogP contribution in [0.15, 0.2) is 35.3 Å². The smallest absolute Gasteiger partial charge is 0.223 e. The van der Waals surface area contributed by atoms with Crippen LogP contribution in [0, 0.1) is 5.92 Å². The number of guanidine groups is 1. The summed E-state index contributed by atoms with van der Waals surface area (Å²) >= 11 is 0. The summed E-state index contributed by atoms with van der Waals surface area (Å²) in [6.45, 7) is 3.19. The zero-order chi connectivity index (χ0) is 19.6. The van der Waals surface area contributed by atoms with Crippen molar-refractivity contribution in [3.63, 3.8) is 0 Å². The lowest BCUT2D eigenvalue weighted by atomic mass is 9.89. The van der Waals surface area contributed by atoms with Gasteiger partial charge in [0.2, 0.25) is 5.91 Å². The van der Waals surface area contributed by atoms with E-state index in [1.165, 1.54) is 19.3 Å². The molecule has 1 heterocycles. The van der Waals surface area contributed by atoms with Gasteiger partial charge in [0, 0.05) is 52.0 Å². The van der Waals surface area contributed by atoms with Gasteiger partial charge in [-0.15, -0.1) is 24.0 Å². The van der Waals surface area contributed by atoms with Crippen LogP contribution in [0.5, 0.6) is 5.75 Å². The Bertz CT molecular complexity index is 627. The van der Waals surface area contributed by atoms with Gasteiger partial charge in [0.05, 0.1) is 0 Å². The van der Waals surface area contributed by atoms with Crippen molar-refractivity contribution in [1.82, 2.24) is 15.5 Å². The Morgan fingerprint density at radius 1 is 1.03 bits per heavy atom. The fourth-order valence-electron chi connectivity index (χ4n) is 4.08. The van der Waals surface area contributed by atoms with Crippen LogP contribution in [0.4, 0.5) is 0 Å². The first kappa shape index (κ1) is 23.8. The van der Waals surface area contributed by atoms with E-state index in [1.807, 2.05) is 37.4 Å². The van der Waals surface area contributed by atoms with Gasteiger partial charge in [-0.1, -0.05) is 37.5 Å². The lowest BCUT2D eigenvalue weighted by Gasteiger charge is -2.34. The fraction of sp³-hybridized carbons (Fsp3) is 0.636. The molecule has 1 aromatic rings. The maximum atomic E-state index is 12.2. The Morgan fingerprint density at radius 3 is 2.34 bits per heavy atom. The molecule has 0 atom stereocenters. The molecular weight excluding hydrogens is 479 g/mol. The third kappa shape index (κ3) is 7.68. The van der Waals surface area contributed by atoms with E-state index in [0.717, 1.165) is 50.5 Å². The maximum Gasteiger partial charge on any atom is 0.223 e. The van der Waals surface area contributed by atoms with E-state index in [4.69, 9.17) is 4.74 Å². The van der Waals surface area contributed by atoms with Crippen LogP contribution in [-0.2, 0) is 4.79 Å². The standard InChI is InChI=1S/C22H34N4O2.HI/c1-23-22(25-15-14-24-21(27)18-8-4-2-5-9-18)26-16-12-20(13-17-26)28-19-10-6-3-7-11-19;/h3,6-7,10-11,18,20H,2,4-5,8-9,12-17H2,1H3,(H,23,25)(H,24,27);1H. The molecule has 6 nitrogen and oxygen atoms in total. The second-order valence-electron chi connectivity index (χ2n) is 7.72. The third-order valence-corrected chi connectivity index (χ3v) is 5.68. The maximum absolute atomic E-state index is 12.2. The van der Waals surface area contributed by atoms with Gasteiger partial charge in [-0.3, -0.25) is 9.79 Å². The van der Waals surface area contributed by atoms with E-state index in [-0.39, 0.29) is 41.9 Å². The van der Waals surface area contributed by atoms with Crippen molar-refractivity contribution in [1.29, 1.82) is 0 Å². The highest BCUT2D eigenvalue weighted by Gasteiger charge is 2.23. The average molecular weight is 514 g/mol. The highest BCUT2D eigenvalue weighted by atomic mass is 127. The largest absolute Gasteiger partial charge is 0.490 e. The number of amides is 1. The number of carbonyl (C=O) groups is 1. The van der Waals surface area contributed by atoms with Gasteiger partial charge in [-0.25, -0.2) is 0 Å². The summed E-state index contributed by atoms with van der Waals surface area (Å²) in [4.78, 5) is 18.9. The molecule has 0 unspecified atom stereocenters.